The average Bonchev–Trinajstić information content (AvgIpc) is 2.28. The lowest BCUT2D eigenvalue weighted by atomic mass is 9.92. The van der Waals surface area contributed by atoms with Gasteiger partial charge in [0.15, 0.2) is 5.79 Å². The molecule has 0 saturated carbocycles. The monoisotopic (exact) mass is 234 g/mol. The third-order valence-corrected chi connectivity index (χ3v) is 3.07. The summed E-state index contributed by atoms with van der Waals surface area (Å²) in [6.07, 6.45) is 0.185. The predicted octanol–water partition coefficient (Wildman–Crippen LogP) is -0.242. The molecule has 1 rings (SSSR count). The summed E-state index contributed by atoms with van der Waals surface area (Å²) in [5, 5.41) is 38.3. The number of hydrogen-bond acceptors (Lipinski definition) is 5. The van der Waals surface area contributed by atoms with Crippen molar-refractivity contribution < 1.29 is 25.2 Å². The molecule has 0 aromatic rings. The highest BCUT2D eigenvalue weighted by Gasteiger charge is 2.47. The first-order valence-electron chi connectivity index (χ1n) is 5.92. The van der Waals surface area contributed by atoms with Crippen molar-refractivity contribution in [1.29, 1.82) is 0 Å². The van der Waals surface area contributed by atoms with E-state index in [0.717, 1.165) is 25.7 Å². The summed E-state index contributed by atoms with van der Waals surface area (Å²) in [7, 11) is 0. The van der Waals surface area contributed by atoms with E-state index in [9.17, 15) is 20.4 Å². The highest BCUT2D eigenvalue weighted by atomic mass is 16.6. The zero-order valence-electron chi connectivity index (χ0n) is 9.67. The lowest BCUT2D eigenvalue weighted by molar-refractivity contribution is -0.323. The number of unbranched alkanes of at least 4 members (excludes halogenated alkanes) is 3. The number of hydrogen-bond donors (Lipinski definition) is 4. The van der Waals surface area contributed by atoms with Crippen LogP contribution < -0.4 is 0 Å². The minimum absolute atomic E-state index is 0.150. The Morgan fingerprint density at radius 2 is 1.88 bits per heavy atom. The molecule has 5 heteroatoms. The minimum atomic E-state index is -1.72. The zero-order valence-corrected chi connectivity index (χ0v) is 9.67. The van der Waals surface area contributed by atoms with Crippen LogP contribution in [-0.4, -0.2) is 51.1 Å². The van der Waals surface area contributed by atoms with Gasteiger partial charge in [-0.2, -0.15) is 0 Å². The molecule has 0 spiro atoms. The van der Waals surface area contributed by atoms with Crippen molar-refractivity contribution in [3.63, 3.8) is 0 Å². The molecule has 96 valence electrons. The van der Waals surface area contributed by atoms with Crippen molar-refractivity contribution in [2.24, 2.45) is 0 Å². The van der Waals surface area contributed by atoms with Crippen LogP contribution in [0.2, 0.25) is 0 Å². The van der Waals surface area contributed by atoms with Gasteiger partial charge in [-0.15, -0.1) is 0 Å². The van der Waals surface area contributed by atoms with Crippen LogP contribution in [-0.2, 0) is 4.74 Å². The Balaban J connectivity index is 2.43. The van der Waals surface area contributed by atoms with Gasteiger partial charge >= 0.3 is 0 Å². The van der Waals surface area contributed by atoms with Gasteiger partial charge in [0.25, 0.3) is 0 Å². The van der Waals surface area contributed by atoms with Crippen LogP contribution in [0.5, 0.6) is 0 Å². The van der Waals surface area contributed by atoms with Crippen LogP contribution >= 0.6 is 0 Å². The van der Waals surface area contributed by atoms with Crippen LogP contribution in [0.25, 0.3) is 0 Å². The Labute approximate surface area is 95.7 Å². The lowest BCUT2D eigenvalue weighted by Crippen LogP contribution is -2.60. The molecule has 0 unspecified atom stereocenters. The maximum atomic E-state index is 9.98. The van der Waals surface area contributed by atoms with Crippen molar-refractivity contribution >= 4 is 0 Å². The lowest BCUT2D eigenvalue weighted by Gasteiger charge is -2.41. The molecule has 0 amide bonds. The molecular weight excluding hydrogens is 212 g/mol. The average molecular weight is 234 g/mol. The molecular formula is C11H22O5. The van der Waals surface area contributed by atoms with Crippen LogP contribution in [0.15, 0.2) is 0 Å². The van der Waals surface area contributed by atoms with Crippen molar-refractivity contribution in [1.82, 2.24) is 0 Å². The molecule has 1 saturated heterocycles. The molecule has 16 heavy (non-hydrogen) atoms. The summed E-state index contributed by atoms with van der Waals surface area (Å²) in [6, 6.07) is 0. The molecule has 1 fully saturated rings. The van der Waals surface area contributed by atoms with E-state index in [1.54, 1.807) is 0 Å². The van der Waals surface area contributed by atoms with Crippen molar-refractivity contribution in [2.45, 2.75) is 63.1 Å². The highest BCUT2D eigenvalue weighted by molar-refractivity contribution is 4.91. The second-order valence-electron chi connectivity index (χ2n) is 4.47. The quantitative estimate of drug-likeness (QED) is 0.493. The van der Waals surface area contributed by atoms with Crippen molar-refractivity contribution in [3.8, 4) is 0 Å². The summed E-state index contributed by atoms with van der Waals surface area (Å²) < 4.78 is 5.04. The van der Waals surface area contributed by atoms with E-state index in [1.165, 1.54) is 0 Å². The van der Waals surface area contributed by atoms with Gasteiger partial charge < -0.3 is 25.2 Å². The standard InChI is InChI=1S/C11H22O5/c1-2-3-4-5-6-11(15)10(14)9(13)8(12)7-16-11/h8-10,12-15H,2-7H2,1H3/t8-,9+,10-,11+/m1/s1. The molecule has 0 radical (unpaired) electrons. The minimum Gasteiger partial charge on any atom is -0.388 e. The molecule has 4 N–H and O–H groups in total. The maximum absolute atomic E-state index is 9.98. The molecule has 1 aliphatic heterocycles. The summed E-state index contributed by atoms with van der Waals surface area (Å²) >= 11 is 0. The predicted molar refractivity (Wildman–Crippen MR) is 57.7 cm³/mol. The van der Waals surface area contributed by atoms with Crippen molar-refractivity contribution in [2.75, 3.05) is 6.61 Å². The van der Waals surface area contributed by atoms with Gasteiger partial charge in [-0.05, 0) is 6.42 Å². The Kier molecular flexibility index (Phi) is 5.14. The summed E-state index contributed by atoms with van der Waals surface area (Å²) in [5.41, 5.74) is 0. The van der Waals surface area contributed by atoms with E-state index in [-0.39, 0.29) is 13.0 Å². The van der Waals surface area contributed by atoms with Gasteiger partial charge in [-0.3, -0.25) is 0 Å². The zero-order chi connectivity index (χ0) is 12.2. The van der Waals surface area contributed by atoms with E-state index >= 15 is 0 Å². The Hall–Kier alpha value is -0.200. The molecule has 4 atom stereocenters. The van der Waals surface area contributed by atoms with E-state index < -0.39 is 24.1 Å². The van der Waals surface area contributed by atoms with E-state index in [1.807, 2.05) is 0 Å². The first kappa shape index (κ1) is 13.9. The molecule has 0 aliphatic carbocycles. The molecule has 5 nitrogen and oxygen atoms in total. The van der Waals surface area contributed by atoms with Gasteiger partial charge in [0.2, 0.25) is 0 Å². The van der Waals surface area contributed by atoms with Gasteiger partial charge in [0.1, 0.15) is 18.3 Å². The van der Waals surface area contributed by atoms with Crippen LogP contribution in [0, 0.1) is 0 Å². The Bertz CT molecular complexity index is 211. The van der Waals surface area contributed by atoms with Crippen LogP contribution in [0.4, 0.5) is 0 Å². The number of ether oxygens (including phenoxy) is 1. The highest BCUT2D eigenvalue weighted by Crippen LogP contribution is 2.28. The van der Waals surface area contributed by atoms with E-state index in [0.29, 0.717) is 0 Å². The number of aliphatic hydroxyl groups excluding tert-OH is 3. The molecule has 0 aromatic carbocycles. The van der Waals surface area contributed by atoms with E-state index in [2.05, 4.69) is 6.92 Å². The first-order valence-corrected chi connectivity index (χ1v) is 5.92. The van der Waals surface area contributed by atoms with Crippen molar-refractivity contribution in [3.05, 3.63) is 0 Å². The first-order chi connectivity index (χ1) is 7.51. The third-order valence-electron chi connectivity index (χ3n) is 3.07. The second-order valence-corrected chi connectivity index (χ2v) is 4.47. The SMILES string of the molecule is CCCCCC[C@]1(O)OC[C@@H](O)[C@H](O)[C@H]1O. The Morgan fingerprint density at radius 1 is 1.19 bits per heavy atom. The van der Waals surface area contributed by atoms with Gasteiger partial charge in [0, 0.05) is 6.42 Å². The van der Waals surface area contributed by atoms with Gasteiger partial charge in [-0.1, -0.05) is 26.2 Å². The fourth-order valence-corrected chi connectivity index (χ4v) is 1.92. The number of aliphatic hydroxyl groups is 4. The smallest absolute Gasteiger partial charge is 0.194 e. The fraction of sp³-hybridized carbons (Fsp3) is 1.00. The maximum Gasteiger partial charge on any atom is 0.194 e. The second kappa shape index (κ2) is 5.93. The molecule has 0 aromatic heterocycles. The van der Waals surface area contributed by atoms with Gasteiger partial charge in [0.05, 0.1) is 6.61 Å². The van der Waals surface area contributed by atoms with Crippen LogP contribution in [0.1, 0.15) is 39.0 Å². The summed E-state index contributed by atoms with van der Waals surface area (Å²) in [5.74, 6) is -1.72. The fourth-order valence-electron chi connectivity index (χ4n) is 1.92. The van der Waals surface area contributed by atoms with E-state index in [4.69, 9.17) is 4.74 Å². The molecule has 1 aliphatic rings. The number of rotatable bonds is 5. The summed E-state index contributed by atoms with van der Waals surface area (Å²) in [4.78, 5) is 0. The molecule has 1 heterocycles. The van der Waals surface area contributed by atoms with Crippen LogP contribution in [0.3, 0.4) is 0 Å². The molecule has 0 bridgehead atoms. The normalized spacial score (nSPS) is 39.9. The summed E-state index contributed by atoms with van der Waals surface area (Å²) in [6.45, 7) is 1.93. The third kappa shape index (κ3) is 3.15. The largest absolute Gasteiger partial charge is 0.388 e. The Morgan fingerprint density at radius 3 is 2.50 bits per heavy atom. The topological polar surface area (TPSA) is 90.2 Å². The van der Waals surface area contributed by atoms with Gasteiger partial charge in [-0.25, -0.2) is 0 Å².